The first-order chi connectivity index (χ1) is 14.6. The number of nitrogens with zero attached hydrogens (tertiary/aromatic N) is 2. The minimum absolute atomic E-state index is 0.0696. The van der Waals surface area contributed by atoms with Gasteiger partial charge in [0.05, 0.1) is 0 Å². The number of nitrogens with one attached hydrogen (secondary N) is 2. The van der Waals surface area contributed by atoms with Crippen molar-refractivity contribution in [2.24, 2.45) is 5.92 Å². The van der Waals surface area contributed by atoms with E-state index in [0.29, 0.717) is 24.3 Å². The first kappa shape index (κ1) is 24.2. The van der Waals surface area contributed by atoms with Gasteiger partial charge in [-0.3, -0.25) is 4.79 Å². The molecule has 0 heterocycles. The molecule has 0 aliphatic carbocycles. The van der Waals surface area contributed by atoms with Crippen LogP contribution < -0.4 is 15.5 Å². The second kappa shape index (κ2) is 10.8. The molecule has 0 saturated heterocycles. The fraction of sp³-hybridized carbons (Fsp3) is 0.417. The lowest BCUT2D eigenvalue weighted by atomic mass is 10.0. The molecule has 2 rings (SSSR count). The van der Waals surface area contributed by atoms with Gasteiger partial charge in [-0.25, -0.2) is 9.18 Å². The van der Waals surface area contributed by atoms with E-state index in [9.17, 15) is 14.0 Å². The largest absolute Gasteiger partial charge is 0.377 e. The van der Waals surface area contributed by atoms with Gasteiger partial charge in [0.1, 0.15) is 5.82 Å². The lowest BCUT2D eigenvalue weighted by Crippen LogP contribution is -2.43. The molecule has 6 nitrogen and oxygen atoms in total. The summed E-state index contributed by atoms with van der Waals surface area (Å²) in [5.74, 6) is -0.264. The SMILES string of the molecule is CCC(=O)Nc1ccc(N(C)C)c(CN(C(=O)Nc2cccc(F)c2)[C@H](C)C(C)C)c1. The Hall–Kier alpha value is -3.09. The van der Waals surface area contributed by atoms with Crippen LogP contribution in [0.2, 0.25) is 0 Å². The fourth-order valence-electron chi connectivity index (χ4n) is 3.18. The number of carbonyl (C=O) groups is 2. The van der Waals surface area contributed by atoms with Gasteiger partial charge in [-0.1, -0.05) is 26.8 Å². The average molecular weight is 429 g/mol. The monoisotopic (exact) mass is 428 g/mol. The molecule has 3 amide bonds. The Labute approximate surface area is 184 Å². The summed E-state index contributed by atoms with van der Waals surface area (Å²) in [6, 6.07) is 11.2. The van der Waals surface area contributed by atoms with Crippen molar-refractivity contribution >= 4 is 29.0 Å². The Kier molecular flexibility index (Phi) is 8.42. The minimum Gasteiger partial charge on any atom is -0.377 e. The highest BCUT2D eigenvalue weighted by molar-refractivity contribution is 5.91. The lowest BCUT2D eigenvalue weighted by Gasteiger charge is -2.33. The van der Waals surface area contributed by atoms with Gasteiger partial charge in [-0.05, 0) is 54.8 Å². The predicted octanol–water partition coefficient (Wildman–Crippen LogP) is 5.32. The van der Waals surface area contributed by atoms with Crippen LogP contribution >= 0.6 is 0 Å². The van der Waals surface area contributed by atoms with Gasteiger partial charge in [0.15, 0.2) is 0 Å². The Morgan fingerprint density at radius 2 is 1.68 bits per heavy atom. The summed E-state index contributed by atoms with van der Waals surface area (Å²) in [5.41, 5.74) is 2.95. The molecule has 2 aromatic carbocycles. The number of amides is 3. The standard InChI is InChI=1S/C24H33FN4O2/c1-7-23(30)26-21-11-12-22(28(5)6)18(13-21)15-29(17(4)16(2)3)24(31)27-20-10-8-9-19(25)14-20/h8-14,16-17H,7,15H2,1-6H3,(H,26,30)(H,27,31)/t17-/m1/s1. The number of anilines is 3. The first-order valence-corrected chi connectivity index (χ1v) is 10.6. The molecule has 0 bridgehead atoms. The zero-order chi connectivity index (χ0) is 23.1. The summed E-state index contributed by atoms with van der Waals surface area (Å²) in [7, 11) is 3.87. The van der Waals surface area contributed by atoms with Crippen molar-refractivity contribution < 1.29 is 14.0 Å². The Bertz CT molecular complexity index is 914. The van der Waals surface area contributed by atoms with Crippen molar-refractivity contribution in [2.75, 3.05) is 29.6 Å². The highest BCUT2D eigenvalue weighted by atomic mass is 19.1. The summed E-state index contributed by atoms with van der Waals surface area (Å²) in [5, 5.41) is 5.69. The van der Waals surface area contributed by atoms with Gasteiger partial charge in [0.2, 0.25) is 5.91 Å². The van der Waals surface area contributed by atoms with Crippen molar-refractivity contribution in [2.45, 2.75) is 46.7 Å². The predicted molar refractivity (Wildman–Crippen MR) is 125 cm³/mol. The molecule has 0 unspecified atom stereocenters. The van der Waals surface area contributed by atoms with Crippen LogP contribution in [0.15, 0.2) is 42.5 Å². The minimum atomic E-state index is -0.407. The maximum absolute atomic E-state index is 13.6. The van der Waals surface area contributed by atoms with E-state index in [4.69, 9.17) is 0 Å². The maximum atomic E-state index is 13.6. The zero-order valence-corrected chi connectivity index (χ0v) is 19.2. The van der Waals surface area contributed by atoms with Crippen molar-refractivity contribution in [3.05, 3.63) is 53.8 Å². The molecule has 0 aromatic heterocycles. The quantitative estimate of drug-likeness (QED) is 0.598. The number of halogens is 1. The topological polar surface area (TPSA) is 64.7 Å². The average Bonchev–Trinajstić information content (AvgIpc) is 2.71. The molecule has 0 aliphatic heterocycles. The molecule has 2 N–H and O–H groups in total. The fourth-order valence-corrected chi connectivity index (χ4v) is 3.18. The third-order valence-corrected chi connectivity index (χ3v) is 5.30. The van der Waals surface area contributed by atoms with Gasteiger partial charge in [0.25, 0.3) is 0 Å². The van der Waals surface area contributed by atoms with Crippen LogP contribution in [0.3, 0.4) is 0 Å². The molecule has 0 spiro atoms. The number of hydrogen-bond acceptors (Lipinski definition) is 3. The third kappa shape index (κ3) is 6.70. The summed E-state index contributed by atoms with van der Waals surface area (Å²) in [4.78, 5) is 28.7. The Morgan fingerprint density at radius 1 is 1.00 bits per heavy atom. The molecule has 2 aromatic rings. The second-order valence-corrected chi connectivity index (χ2v) is 8.19. The molecule has 0 fully saturated rings. The molecule has 31 heavy (non-hydrogen) atoms. The van der Waals surface area contributed by atoms with E-state index < -0.39 is 5.82 Å². The van der Waals surface area contributed by atoms with Gasteiger partial charge in [-0.2, -0.15) is 0 Å². The van der Waals surface area contributed by atoms with Crippen LogP contribution in [0.1, 0.15) is 39.7 Å². The molecule has 0 radical (unpaired) electrons. The van der Waals surface area contributed by atoms with Gasteiger partial charge in [0, 0.05) is 50.2 Å². The third-order valence-electron chi connectivity index (χ3n) is 5.30. The summed E-state index contributed by atoms with van der Waals surface area (Å²) >= 11 is 0. The summed E-state index contributed by atoms with van der Waals surface area (Å²) in [6.07, 6.45) is 0.386. The van der Waals surface area contributed by atoms with Crippen LogP contribution in [-0.4, -0.2) is 37.0 Å². The van der Waals surface area contributed by atoms with Crippen LogP contribution in [0, 0.1) is 11.7 Å². The van der Waals surface area contributed by atoms with E-state index in [-0.39, 0.29) is 23.9 Å². The van der Waals surface area contributed by atoms with Crippen LogP contribution in [0.5, 0.6) is 0 Å². The van der Waals surface area contributed by atoms with E-state index in [1.54, 1.807) is 24.0 Å². The van der Waals surface area contributed by atoms with Crippen molar-refractivity contribution in [3.63, 3.8) is 0 Å². The van der Waals surface area contributed by atoms with E-state index in [2.05, 4.69) is 24.5 Å². The zero-order valence-electron chi connectivity index (χ0n) is 19.2. The number of carbonyl (C=O) groups excluding carboxylic acids is 2. The first-order valence-electron chi connectivity index (χ1n) is 10.6. The highest BCUT2D eigenvalue weighted by Crippen LogP contribution is 2.27. The number of urea groups is 1. The van der Waals surface area contributed by atoms with Gasteiger partial charge >= 0.3 is 6.03 Å². The van der Waals surface area contributed by atoms with Crippen LogP contribution in [0.25, 0.3) is 0 Å². The second-order valence-electron chi connectivity index (χ2n) is 8.19. The summed E-state index contributed by atoms with van der Waals surface area (Å²) in [6.45, 7) is 8.24. The maximum Gasteiger partial charge on any atom is 0.322 e. The van der Waals surface area contributed by atoms with Crippen molar-refractivity contribution in [1.82, 2.24) is 4.90 Å². The van der Waals surface area contributed by atoms with Crippen molar-refractivity contribution in [1.29, 1.82) is 0 Å². The molecule has 0 aliphatic rings. The lowest BCUT2D eigenvalue weighted by molar-refractivity contribution is -0.115. The Morgan fingerprint density at radius 3 is 2.26 bits per heavy atom. The highest BCUT2D eigenvalue weighted by Gasteiger charge is 2.24. The van der Waals surface area contributed by atoms with E-state index in [0.717, 1.165) is 11.3 Å². The smallest absolute Gasteiger partial charge is 0.322 e. The molecule has 168 valence electrons. The number of benzene rings is 2. The molecule has 0 saturated carbocycles. The molecule has 7 heteroatoms. The van der Waals surface area contributed by atoms with Gasteiger partial charge < -0.3 is 20.4 Å². The Balaban J connectivity index is 2.37. The summed E-state index contributed by atoms with van der Waals surface area (Å²) < 4.78 is 13.6. The van der Waals surface area contributed by atoms with Crippen molar-refractivity contribution in [3.8, 4) is 0 Å². The molecule has 1 atom stereocenters. The molecular weight excluding hydrogens is 395 g/mol. The normalized spacial score (nSPS) is 11.7. The molecular formula is C24H33FN4O2. The van der Waals surface area contributed by atoms with E-state index in [1.807, 2.05) is 44.1 Å². The van der Waals surface area contributed by atoms with Crippen LogP contribution in [0.4, 0.5) is 26.2 Å². The number of hydrogen-bond donors (Lipinski definition) is 2. The van der Waals surface area contributed by atoms with Crippen LogP contribution in [-0.2, 0) is 11.3 Å². The van der Waals surface area contributed by atoms with E-state index in [1.165, 1.54) is 12.1 Å². The number of rotatable bonds is 8. The van der Waals surface area contributed by atoms with E-state index >= 15 is 0 Å². The van der Waals surface area contributed by atoms with Gasteiger partial charge in [-0.15, -0.1) is 0 Å².